The Hall–Kier alpha value is -2.76. The zero-order valence-corrected chi connectivity index (χ0v) is 13.8. The molecule has 6 heteroatoms. The number of benzene rings is 2. The molecule has 1 heterocycles. The molecule has 25 heavy (non-hydrogen) atoms. The quantitative estimate of drug-likeness (QED) is 0.841. The molecule has 2 amide bonds. The fourth-order valence-electron chi connectivity index (χ4n) is 2.82. The van der Waals surface area contributed by atoms with E-state index in [9.17, 15) is 18.4 Å². The predicted molar refractivity (Wildman–Crippen MR) is 89.3 cm³/mol. The third kappa shape index (κ3) is 3.68. The van der Waals surface area contributed by atoms with Crippen molar-refractivity contribution < 1.29 is 18.4 Å². The molecule has 2 aromatic rings. The second-order valence-corrected chi connectivity index (χ2v) is 6.07. The van der Waals surface area contributed by atoms with Gasteiger partial charge < -0.3 is 9.80 Å². The van der Waals surface area contributed by atoms with Crippen molar-refractivity contribution >= 4 is 11.8 Å². The van der Waals surface area contributed by atoms with Gasteiger partial charge in [-0.15, -0.1) is 0 Å². The third-order valence-corrected chi connectivity index (χ3v) is 4.31. The molecule has 0 atom stereocenters. The molecule has 130 valence electrons. The summed E-state index contributed by atoms with van der Waals surface area (Å²) in [6.07, 6.45) is 0. The number of hydrogen-bond donors (Lipinski definition) is 0. The summed E-state index contributed by atoms with van der Waals surface area (Å²) in [4.78, 5) is 27.9. The summed E-state index contributed by atoms with van der Waals surface area (Å²) in [7, 11) is 0. The van der Waals surface area contributed by atoms with Crippen LogP contribution in [0.5, 0.6) is 0 Å². The van der Waals surface area contributed by atoms with E-state index < -0.39 is 17.5 Å². The molecule has 0 bridgehead atoms. The minimum absolute atomic E-state index is 0.0935. The van der Waals surface area contributed by atoms with E-state index in [1.165, 1.54) is 4.90 Å². The number of nitrogens with zero attached hydrogens (tertiary/aromatic N) is 2. The monoisotopic (exact) mass is 344 g/mol. The van der Waals surface area contributed by atoms with Gasteiger partial charge in [-0.2, -0.15) is 0 Å². The molecule has 0 aliphatic carbocycles. The van der Waals surface area contributed by atoms with Crippen LogP contribution in [0.4, 0.5) is 8.78 Å². The molecule has 0 spiro atoms. The first kappa shape index (κ1) is 17.1. The van der Waals surface area contributed by atoms with Gasteiger partial charge >= 0.3 is 0 Å². The molecule has 0 N–H and O–H groups in total. The fourth-order valence-corrected chi connectivity index (χ4v) is 2.82. The van der Waals surface area contributed by atoms with E-state index in [2.05, 4.69) is 0 Å². The van der Waals surface area contributed by atoms with Crippen LogP contribution in [-0.2, 0) is 0 Å². The maximum Gasteiger partial charge on any atom is 0.257 e. The summed E-state index contributed by atoms with van der Waals surface area (Å²) < 4.78 is 27.0. The van der Waals surface area contributed by atoms with Crippen LogP contribution in [0.15, 0.2) is 42.5 Å². The maximum absolute atomic E-state index is 13.8. The predicted octanol–water partition coefficient (Wildman–Crippen LogP) is 2.87. The molecule has 1 aliphatic heterocycles. The standard InChI is InChI=1S/C19H18F2N2O2/c1-13-2-4-14(5-3-13)18(24)22-8-10-23(11-9-22)19(25)16-12-15(20)6-7-17(16)21/h2-7,12H,8-11H2,1H3. The minimum atomic E-state index is -0.746. The van der Waals surface area contributed by atoms with Crippen LogP contribution >= 0.6 is 0 Å². The van der Waals surface area contributed by atoms with Gasteiger partial charge in [0.1, 0.15) is 11.6 Å². The number of piperazine rings is 1. The molecule has 0 radical (unpaired) electrons. The van der Waals surface area contributed by atoms with E-state index in [0.717, 1.165) is 23.8 Å². The summed E-state index contributed by atoms with van der Waals surface area (Å²) in [5.74, 6) is -2.05. The van der Waals surface area contributed by atoms with Crippen molar-refractivity contribution in [3.63, 3.8) is 0 Å². The second-order valence-electron chi connectivity index (χ2n) is 6.07. The normalized spacial score (nSPS) is 14.5. The zero-order chi connectivity index (χ0) is 18.0. The first-order valence-electron chi connectivity index (χ1n) is 8.06. The molecule has 0 aromatic heterocycles. The maximum atomic E-state index is 13.8. The summed E-state index contributed by atoms with van der Waals surface area (Å²) in [6, 6.07) is 10.1. The number of carbonyl (C=O) groups is 2. The number of aryl methyl sites for hydroxylation is 1. The molecule has 0 saturated carbocycles. The SMILES string of the molecule is Cc1ccc(C(=O)N2CCN(C(=O)c3cc(F)ccc3F)CC2)cc1. The minimum Gasteiger partial charge on any atom is -0.335 e. The molecular formula is C19H18F2N2O2. The van der Waals surface area contributed by atoms with Crippen LogP contribution < -0.4 is 0 Å². The summed E-state index contributed by atoms with van der Waals surface area (Å²) in [5.41, 5.74) is 1.39. The lowest BCUT2D eigenvalue weighted by Crippen LogP contribution is -2.50. The summed E-state index contributed by atoms with van der Waals surface area (Å²) >= 11 is 0. The summed E-state index contributed by atoms with van der Waals surface area (Å²) in [6.45, 7) is 3.23. The van der Waals surface area contributed by atoms with Crippen molar-refractivity contribution in [2.75, 3.05) is 26.2 Å². The van der Waals surface area contributed by atoms with Crippen LogP contribution in [0.1, 0.15) is 26.3 Å². The fraction of sp³-hybridized carbons (Fsp3) is 0.263. The van der Waals surface area contributed by atoms with Gasteiger partial charge in [0, 0.05) is 31.7 Å². The highest BCUT2D eigenvalue weighted by atomic mass is 19.1. The largest absolute Gasteiger partial charge is 0.335 e. The van der Waals surface area contributed by atoms with Gasteiger partial charge in [0.25, 0.3) is 11.8 Å². The van der Waals surface area contributed by atoms with Crippen LogP contribution in [0, 0.1) is 18.6 Å². The van der Waals surface area contributed by atoms with Crippen molar-refractivity contribution in [2.24, 2.45) is 0 Å². The Balaban J connectivity index is 1.65. The Morgan fingerprint density at radius 2 is 1.40 bits per heavy atom. The molecule has 3 rings (SSSR count). The van der Waals surface area contributed by atoms with Crippen molar-refractivity contribution in [2.45, 2.75) is 6.92 Å². The smallest absolute Gasteiger partial charge is 0.257 e. The van der Waals surface area contributed by atoms with E-state index in [4.69, 9.17) is 0 Å². The van der Waals surface area contributed by atoms with E-state index >= 15 is 0 Å². The van der Waals surface area contributed by atoms with Crippen LogP contribution in [0.25, 0.3) is 0 Å². The first-order chi connectivity index (χ1) is 12.0. The average Bonchev–Trinajstić information content (AvgIpc) is 2.63. The summed E-state index contributed by atoms with van der Waals surface area (Å²) in [5, 5.41) is 0. The molecule has 1 aliphatic rings. The lowest BCUT2D eigenvalue weighted by Gasteiger charge is -2.35. The van der Waals surface area contributed by atoms with E-state index in [1.807, 2.05) is 19.1 Å². The lowest BCUT2D eigenvalue weighted by molar-refractivity contribution is 0.0532. The van der Waals surface area contributed by atoms with Gasteiger partial charge in [0.2, 0.25) is 0 Å². The van der Waals surface area contributed by atoms with Crippen LogP contribution in [0.2, 0.25) is 0 Å². The highest BCUT2D eigenvalue weighted by Crippen LogP contribution is 2.15. The van der Waals surface area contributed by atoms with E-state index in [1.54, 1.807) is 17.0 Å². The van der Waals surface area contributed by atoms with Crippen molar-refractivity contribution in [3.8, 4) is 0 Å². The molecule has 2 aromatic carbocycles. The number of amides is 2. The molecular weight excluding hydrogens is 326 g/mol. The zero-order valence-electron chi connectivity index (χ0n) is 13.8. The Kier molecular flexibility index (Phi) is 4.79. The van der Waals surface area contributed by atoms with Crippen molar-refractivity contribution in [1.29, 1.82) is 0 Å². The average molecular weight is 344 g/mol. The van der Waals surface area contributed by atoms with Crippen LogP contribution in [0.3, 0.4) is 0 Å². The Morgan fingerprint density at radius 3 is 2.00 bits per heavy atom. The first-order valence-corrected chi connectivity index (χ1v) is 8.06. The molecule has 0 unspecified atom stereocenters. The number of hydrogen-bond acceptors (Lipinski definition) is 2. The number of carbonyl (C=O) groups excluding carboxylic acids is 2. The lowest BCUT2D eigenvalue weighted by atomic mass is 10.1. The Bertz CT molecular complexity index is 798. The van der Waals surface area contributed by atoms with Gasteiger partial charge in [-0.1, -0.05) is 17.7 Å². The van der Waals surface area contributed by atoms with Crippen LogP contribution in [-0.4, -0.2) is 47.8 Å². The van der Waals surface area contributed by atoms with Crippen molar-refractivity contribution in [3.05, 3.63) is 70.8 Å². The molecule has 1 fully saturated rings. The Morgan fingerprint density at radius 1 is 0.840 bits per heavy atom. The highest BCUT2D eigenvalue weighted by molar-refractivity contribution is 5.96. The van der Waals surface area contributed by atoms with Crippen molar-refractivity contribution in [1.82, 2.24) is 9.80 Å². The van der Waals surface area contributed by atoms with Gasteiger partial charge in [0.15, 0.2) is 0 Å². The molecule has 1 saturated heterocycles. The number of rotatable bonds is 2. The van der Waals surface area contributed by atoms with Gasteiger partial charge in [-0.05, 0) is 37.3 Å². The highest BCUT2D eigenvalue weighted by Gasteiger charge is 2.27. The second kappa shape index (κ2) is 7.01. The van der Waals surface area contributed by atoms with E-state index in [0.29, 0.717) is 18.7 Å². The number of halogens is 2. The van der Waals surface area contributed by atoms with E-state index in [-0.39, 0.29) is 24.6 Å². The van der Waals surface area contributed by atoms with Gasteiger partial charge in [-0.25, -0.2) is 8.78 Å². The van der Waals surface area contributed by atoms with Gasteiger partial charge in [0.05, 0.1) is 5.56 Å². The third-order valence-electron chi connectivity index (χ3n) is 4.31. The molecule has 4 nitrogen and oxygen atoms in total. The van der Waals surface area contributed by atoms with Gasteiger partial charge in [-0.3, -0.25) is 9.59 Å². The topological polar surface area (TPSA) is 40.6 Å². The Labute approximate surface area is 144 Å².